The molecule has 0 atom stereocenters. The second-order valence-electron chi connectivity index (χ2n) is 9.09. The number of ether oxygens (including phenoxy) is 3. The van der Waals surface area contributed by atoms with Crippen molar-refractivity contribution in [3.63, 3.8) is 0 Å². The summed E-state index contributed by atoms with van der Waals surface area (Å²) in [5, 5.41) is 9.97. The minimum atomic E-state index is -1.20. The number of fused-ring (bicyclic) bond motifs is 1. The van der Waals surface area contributed by atoms with Gasteiger partial charge in [0.2, 0.25) is 0 Å². The molecule has 1 N–H and O–H groups in total. The van der Waals surface area contributed by atoms with E-state index in [4.69, 9.17) is 23.5 Å². The molecule has 0 aromatic heterocycles. The third-order valence-electron chi connectivity index (χ3n) is 6.47. The van der Waals surface area contributed by atoms with Crippen LogP contribution in [0.4, 0.5) is 4.39 Å². The Morgan fingerprint density at radius 3 is 2.18 bits per heavy atom. The van der Waals surface area contributed by atoms with E-state index in [9.17, 15) is 5.11 Å². The van der Waals surface area contributed by atoms with Crippen molar-refractivity contribution in [1.29, 1.82) is 0 Å². The third kappa shape index (κ3) is 3.87. The van der Waals surface area contributed by atoms with Crippen LogP contribution in [0.15, 0.2) is 47.9 Å². The number of hydrogen-bond donors (Lipinski definition) is 1. The van der Waals surface area contributed by atoms with Gasteiger partial charge in [-0.1, -0.05) is 6.07 Å². The van der Waals surface area contributed by atoms with Crippen LogP contribution in [-0.4, -0.2) is 37.6 Å². The molecule has 2 aromatic carbocycles. The summed E-state index contributed by atoms with van der Waals surface area (Å²) in [6, 6.07) is 9.91. The molecule has 2 aliphatic rings. The third-order valence-corrected chi connectivity index (χ3v) is 6.47. The van der Waals surface area contributed by atoms with E-state index < -0.39 is 24.0 Å². The van der Waals surface area contributed by atoms with Gasteiger partial charge in [-0.05, 0) is 64.4 Å². The van der Waals surface area contributed by atoms with Gasteiger partial charge in [-0.3, -0.25) is 0 Å². The van der Waals surface area contributed by atoms with Crippen LogP contribution in [0.5, 0.6) is 23.0 Å². The lowest BCUT2D eigenvalue weighted by Crippen LogP contribution is -2.41. The number of hydrogen-bond acceptors (Lipinski definition) is 6. The van der Waals surface area contributed by atoms with Gasteiger partial charge in [0.05, 0.1) is 25.4 Å². The Bertz CT molecular complexity index is 1150. The van der Waals surface area contributed by atoms with Crippen molar-refractivity contribution in [3.8, 4) is 23.0 Å². The lowest BCUT2D eigenvalue weighted by Gasteiger charge is -2.32. The summed E-state index contributed by atoms with van der Waals surface area (Å²) in [4.78, 5) is 0. The van der Waals surface area contributed by atoms with Gasteiger partial charge in [-0.25, -0.2) is 4.39 Å². The van der Waals surface area contributed by atoms with Crippen LogP contribution in [0.25, 0.3) is 11.1 Å². The van der Waals surface area contributed by atoms with Crippen LogP contribution in [0.3, 0.4) is 0 Å². The Morgan fingerprint density at radius 1 is 0.939 bits per heavy atom. The van der Waals surface area contributed by atoms with E-state index in [0.29, 0.717) is 39.7 Å². The minimum absolute atomic E-state index is 0.0199. The maximum Gasteiger partial charge on any atom is 0.525 e. The number of allylic oxidation sites excluding steroid dienone is 3. The number of phenols is 1. The largest absolute Gasteiger partial charge is 0.525 e. The molecule has 2 heterocycles. The summed E-state index contributed by atoms with van der Waals surface area (Å²) in [6.45, 7) is 9.24. The molecular formula is C25H28BFO6. The molecule has 174 valence electrons. The van der Waals surface area contributed by atoms with Gasteiger partial charge in [0.1, 0.15) is 23.0 Å². The zero-order chi connectivity index (χ0) is 24.1. The van der Waals surface area contributed by atoms with Crippen molar-refractivity contribution < 1.29 is 33.0 Å². The number of aromatic hydroxyl groups is 1. The number of rotatable bonds is 4. The van der Waals surface area contributed by atoms with E-state index in [-0.39, 0.29) is 11.3 Å². The molecule has 0 radical (unpaired) electrons. The number of benzene rings is 2. The molecule has 4 rings (SSSR count). The average molecular weight is 454 g/mol. The Kier molecular flexibility index (Phi) is 5.70. The van der Waals surface area contributed by atoms with Crippen molar-refractivity contribution in [2.45, 2.75) is 45.8 Å². The standard InChI is InChI=1S/C25H28BFO6/c1-14-21(15-8-11-18(29-6)20(12-15)30-7)22(17-10-9-16(28)13-19(17)31-14)23(27)26-32-24(2,3)25(4,5)33-26/h8-13,28H,1-7H3. The Morgan fingerprint density at radius 2 is 1.58 bits per heavy atom. The summed E-state index contributed by atoms with van der Waals surface area (Å²) in [7, 11) is 1.89. The second kappa shape index (κ2) is 8.11. The van der Waals surface area contributed by atoms with E-state index in [1.165, 1.54) is 12.1 Å². The predicted octanol–water partition coefficient (Wildman–Crippen LogP) is 5.55. The maximum atomic E-state index is 16.3. The molecule has 6 nitrogen and oxygen atoms in total. The molecule has 0 bridgehead atoms. The number of methoxy groups -OCH3 is 2. The maximum absolute atomic E-state index is 16.3. The molecule has 2 aromatic rings. The summed E-state index contributed by atoms with van der Waals surface area (Å²) >= 11 is 0. The van der Waals surface area contributed by atoms with Crippen LogP contribution < -0.4 is 14.2 Å². The monoisotopic (exact) mass is 454 g/mol. The molecule has 0 aliphatic carbocycles. The zero-order valence-electron chi connectivity index (χ0n) is 19.9. The highest BCUT2D eigenvalue weighted by Crippen LogP contribution is 2.49. The Labute approximate surface area is 193 Å². The first-order valence-electron chi connectivity index (χ1n) is 10.7. The SMILES string of the molecule is COc1ccc(C2=C(C)Oc3cc(O)ccc3C2=C(F)B2OC(C)(C)C(C)(C)O2)cc1OC. The van der Waals surface area contributed by atoms with E-state index in [1.807, 2.05) is 33.8 Å². The van der Waals surface area contributed by atoms with Gasteiger partial charge in [-0.15, -0.1) is 0 Å². The second-order valence-corrected chi connectivity index (χ2v) is 9.09. The molecular weight excluding hydrogens is 426 g/mol. The fourth-order valence-corrected chi connectivity index (χ4v) is 3.98. The molecule has 0 amide bonds. The quantitative estimate of drug-likeness (QED) is 0.612. The molecule has 8 heteroatoms. The van der Waals surface area contributed by atoms with Crippen molar-refractivity contribution >= 4 is 18.3 Å². The molecule has 1 fully saturated rings. The molecule has 1 saturated heterocycles. The van der Waals surface area contributed by atoms with Crippen molar-refractivity contribution in [2.24, 2.45) is 0 Å². The van der Waals surface area contributed by atoms with Gasteiger partial charge in [0.25, 0.3) is 0 Å². The van der Waals surface area contributed by atoms with Gasteiger partial charge in [0, 0.05) is 22.8 Å². The first kappa shape index (κ1) is 23.2. The first-order chi connectivity index (χ1) is 15.5. The Balaban J connectivity index is 1.94. The van der Waals surface area contributed by atoms with Crippen molar-refractivity contribution in [2.75, 3.05) is 14.2 Å². The normalized spacial score (nSPS) is 20.3. The predicted molar refractivity (Wildman–Crippen MR) is 125 cm³/mol. The van der Waals surface area contributed by atoms with Gasteiger partial charge in [0.15, 0.2) is 11.5 Å². The van der Waals surface area contributed by atoms with Crippen molar-refractivity contribution in [1.82, 2.24) is 0 Å². The van der Waals surface area contributed by atoms with E-state index >= 15 is 4.39 Å². The lowest BCUT2D eigenvalue weighted by molar-refractivity contribution is 0.00578. The van der Waals surface area contributed by atoms with Crippen LogP contribution in [0, 0.1) is 0 Å². The first-order valence-corrected chi connectivity index (χ1v) is 10.7. The highest BCUT2D eigenvalue weighted by molar-refractivity contribution is 6.56. The highest BCUT2D eigenvalue weighted by atomic mass is 19.1. The van der Waals surface area contributed by atoms with Crippen molar-refractivity contribution in [3.05, 3.63) is 59.0 Å². The van der Waals surface area contributed by atoms with Crippen LogP contribution in [0.2, 0.25) is 0 Å². The van der Waals surface area contributed by atoms with E-state index in [0.717, 1.165) is 0 Å². The van der Waals surface area contributed by atoms with Crippen LogP contribution in [-0.2, 0) is 9.31 Å². The van der Waals surface area contributed by atoms with Gasteiger partial charge < -0.3 is 28.6 Å². The lowest BCUT2D eigenvalue weighted by atomic mass is 9.77. The molecule has 0 unspecified atom stereocenters. The summed E-state index contributed by atoms with van der Waals surface area (Å²) in [6.07, 6.45) is 0. The summed E-state index contributed by atoms with van der Waals surface area (Å²) < 4.78 is 45.1. The van der Waals surface area contributed by atoms with Crippen LogP contribution in [0.1, 0.15) is 45.7 Å². The fourth-order valence-electron chi connectivity index (χ4n) is 3.98. The number of phenolic OH excluding ortho intramolecular Hbond substituents is 1. The van der Waals surface area contributed by atoms with E-state index in [1.54, 1.807) is 39.3 Å². The summed E-state index contributed by atoms with van der Waals surface area (Å²) in [5.41, 5.74) is -0.0311. The molecule has 0 spiro atoms. The number of halogens is 1. The van der Waals surface area contributed by atoms with E-state index in [2.05, 4.69) is 0 Å². The zero-order valence-corrected chi connectivity index (χ0v) is 19.9. The smallest absolute Gasteiger partial charge is 0.508 e. The molecule has 0 saturated carbocycles. The Hall–Kier alpha value is -2.97. The molecule has 33 heavy (non-hydrogen) atoms. The minimum Gasteiger partial charge on any atom is -0.508 e. The van der Waals surface area contributed by atoms with Gasteiger partial charge in [-0.2, -0.15) is 0 Å². The average Bonchev–Trinajstić information content (AvgIpc) is 2.98. The molecule has 2 aliphatic heterocycles. The topological polar surface area (TPSA) is 66.4 Å². The fraction of sp³-hybridized carbons (Fsp3) is 0.360. The summed E-state index contributed by atoms with van der Waals surface area (Å²) in [5.74, 6) is 1.88. The van der Waals surface area contributed by atoms with Gasteiger partial charge >= 0.3 is 7.12 Å². The highest BCUT2D eigenvalue weighted by Gasteiger charge is 2.54. The van der Waals surface area contributed by atoms with Crippen LogP contribution >= 0.6 is 0 Å².